The summed E-state index contributed by atoms with van der Waals surface area (Å²) in [5.41, 5.74) is 3.49. The van der Waals surface area contributed by atoms with Crippen molar-refractivity contribution in [2.24, 2.45) is 0 Å². The Morgan fingerprint density at radius 2 is 1.81 bits per heavy atom. The van der Waals surface area contributed by atoms with Gasteiger partial charge >= 0.3 is 0 Å². The van der Waals surface area contributed by atoms with Gasteiger partial charge in [-0.3, -0.25) is 9.36 Å². The number of anilines is 1. The van der Waals surface area contributed by atoms with E-state index in [0.717, 1.165) is 22.5 Å². The molecule has 3 aromatic carbocycles. The van der Waals surface area contributed by atoms with E-state index in [1.54, 1.807) is 12.1 Å². The summed E-state index contributed by atoms with van der Waals surface area (Å²) in [7, 11) is 0. The smallest absolute Gasteiger partial charge is 0.224 e. The SMILES string of the molecule is O=C(CCc1nc2ccccc2n1-c1ccccc1)Nc1ccc(-n2cncn2)c(F)c1. The molecule has 0 radical (unpaired) electrons. The third-order valence-electron chi connectivity index (χ3n) is 5.12. The first kappa shape index (κ1) is 19.6. The van der Waals surface area contributed by atoms with Gasteiger partial charge in [0.05, 0.1) is 11.0 Å². The number of hydrogen-bond donors (Lipinski definition) is 1. The summed E-state index contributed by atoms with van der Waals surface area (Å²) in [5.74, 6) is 0.0732. The second-order valence-electron chi connectivity index (χ2n) is 7.24. The number of para-hydroxylation sites is 3. The molecule has 2 aromatic heterocycles. The number of carbonyl (C=O) groups is 1. The van der Waals surface area contributed by atoms with Crippen molar-refractivity contribution < 1.29 is 9.18 Å². The monoisotopic (exact) mass is 426 g/mol. The van der Waals surface area contributed by atoms with Gasteiger partial charge in [0.2, 0.25) is 5.91 Å². The minimum Gasteiger partial charge on any atom is -0.326 e. The Labute approximate surface area is 183 Å². The quantitative estimate of drug-likeness (QED) is 0.439. The zero-order valence-corrected chi connectivity index (χ0v) is 17.0. The van der Waals surface area contributed by atoms with Crippen molar-refractivity contribution in [1.29, 1.82) is 0 Å². The molecule has 0 aliphatic rings. The van der Waals surface area contributed by atoms with Gasteiger partial charge < -0.3 is 5.32 Å². The van der Waals surface area contributed by atoms with Crippen LogP contribution in [-0.2, 0) is 11.2 Å². The molecule has 5 rings (SSSR count). The summed E-state index contributed by atoms with van der Waals surface area (Å²) in [6.45, 7) is 0. The van der Waals surface area contributed by atoms with E-state index in [1.807, 2.05) is 54.6 Å². The highest BCUT2D eigenvalue weighted by molar-refractivity contribution is 5.91. The molecule has 0 aliphatic carbocycles. The molecular formula is C24H19FN6O. The molecule has 0 spiro atoms. The van der Waals surface area contributed by atoms with Crippen molar-refractivity contribution in [3.05, 3.63) is 97.1 Å². The number of imidazole rings is 1. The van der Waals surface area contributed by atoms with Crippen molar-refractivity contribution in [3.8, 4) is 11.4 Å². The number of nitrogens with zero attached hydrogens (tertiary/aromatic N) is 5. The van der Waals surface area contributed by atoms with Gasteiger partial charge in [-0.2, -0.15) is 5.10 Å². The van der Waals surface area contributed by atoms with Crippen molar-refractivity contribution in [2.75, 3.05) is 5.32 Å². The van der Waals surface area contributed by atoms with Crippen LogP contribution in [0.4, 0.5) is 10.1 Å². The highest BCUT2D eigenvalue weighted by atomic mass is 19.1. The summed E-state index contributed by atoms with van der Waals surface area (Å²) in [6, 6.07) is 22.3. The average Bonchev–Trinajstić information content (AvgIpc) is 3.46. The maximum atomic E-state index is 14.4. The molecule has 0 atom stereocenters. The van der Waals surface area contributed by atoms with Crippen LogP contribution in [-0.4, -0.2) is 30.2 Å². The van der Waals surface area contributed by atoms with Crippen molar-refractivity contribution in [2.45, 2.75) is 12.8 Å². The largest absolute Gasteiger partial charge is 0.326 e. The molecule has 1 N–H and O–H groups in total. The van der Waals surface area contributed by atoms with E-state index in [4.69, 9.17) is 4.98 Å². The van der Waals surface area contributed by atoms with Gasteiger partial charge in [-0.15, -0.1) is 0 Å². The first-order valence-electron chi connectivity index (χ1n) is 10.2. The highest BCUT2D eigenvalue weighted by Crippen LogP contribution is 2.23. The highest BCUT2D eigenvalue weighted by Gasteiger charge is 2.14. The molecule has 0 unspecified atom stereocenters. The molecule has 0 bridgehead atoms. The summed E-state index contributed by atoms with van der Waals surface area (Å²) in [4.78, 5) is 21.1. The number of carbonyl (C=O) groups excluding carboxylic acids is 1. The summed E-state index contributed by atoms with van der Waals surface area (Å²) in [6.07, 6.45) is 3.39. The molecule has 0 saturated carbocycles. The zero-order chi connectivity index (χ0) is 21.9. The lowest BCUT2D eigenvalue weighted by molar-refractivity contribution is -0.116. The molecular weight excluding hydrogens is 407 g/mol. The Balaban J connectivity index is 1.33. The first-order valence-corrected chi connectivity index (χ1v) is 10.2. The minimum atomic E-state index is -0.501. The van der Waals surface area contributed by atoms with Crippen LogP contribution in [0.5, 0.6) is 0 Å². The zero-order valence-electron chi connectivity index (χ0n) is 17.0. The van der Waals surface area contributed by atoms with Crippen LogP contribution in [0.15, 0.2) is 85.5 Å². The predicted octanol–water partition coefficient (Wildman–Crippen LogP) is 4.32. The summed E-state index contributed by atoms with van der Waals surface area (Å²) < 4.78 is 17.8. The standard InChI is InChI=1S/C24H19FN6O/c25-19-14-17(10-11-21(19)30-16-26-15-27-30)28-24(32)13-12-23-29-20-8-4-5-9-22(20)31(23)18-6-2-1-3-7-18/h1-11,14-16H,12-13H2,(H,28,32). The van der Waals surface area contributed by atoms with Crippen LogP contribution in [0, 0.1) is 5.82 Å². The maximum absolute atomic E-state index is 14.4. The molecule has 7 nitrogen and oxygen atoms in total. The fourth-order valence-corrected chi connectivity index (χ4v) is 3.66. The van der Waals surface area contributed by atoms with E-state index in [1.165, 1.54) is 23.4 Å². The predicted molar refractivity (Wildman–Crippen MR) is 119 cm³/mol. The third-order valence-corrected chi connectivity index (χ3v) is 5.12. The van der Waals surface area contributed by atoms with Crippen LogP contribution in [0.1, 0.15) is 12.2 Å². The first-order chi connectivity index (χ1) is 15.7. The Bertz CT molecular complexity index is 1380. The second-order valence-corrected chi connectivity index (χ2v) is 7.24. The Hall–Kier alpha value is -4.33. The van der Waals surface area contributed by atoms with E-state index in [0.29, 0.717) is 12.1 Å². The molecule has 0 saturated heterocycles. The number of fused-ring (bicyclic) bond motifs is 1. The second kappa shape index (κ2) is 8.43. The summed E-state index contributed by atoms with van der Waals surface area (Å²) in [5, 5.41) is 6.68. The number of nitrogens with one attached hydrogen (secondary N) is 1. The Morgan fingerprint density at radius 1 is 1.00 bits per heavy atom. The summed E-state index contributed by atoms with van der Waals surface area (Å²) >= 11 is 0. The average molecular weight is 426 g/mol. The van der Waals surface area contributed by atoms with E-state index in [-0.39, 0.29) is 18.0 Å². The van der Waals surface area contributed by atoms with Gasteiger partial charge in [0.1, 0.15) is 24.2 Å². The van der Waals surface area contributed by atoms with E-state index in [2.05, 4.69) is 20.0 Å². The van der Waals surface area contributed by atoms with Crippen LogP contribution in [0.25, 0.3) is 22.4 Å². The molecule has 2 heterocycles. The van der Waals surface area contributed by atoms with Crippen LogP contribution >= 0.6 is 0 Å². The van der Waals surface area contributed by atoms with Gasteiger partial charge in [0.15, 0.2) is 5.82 Å². The number of halogens is 1. The topological polar surface area (TPSA) is 77.6 Å². The lowest BCUT2D eigenvalue weighted by Gasteiger charge is -2.10. The molecule has 8 heteroatoms. The van der Waals surface area contributed by atoms with E-state index >= 15 is 0 Å². The lowest BCUT2D eigenvalue weighted by Crippen LogP contribution is -2.14. The molecule has 32 heavy (non-hydrogen) atoms. The molecule has 158 valence electrons. The van der Waals surface area contributed by atoms with E-state index < -0.39 is 5.82 Å². The number of hydrogen-bond acceptors (Lipinski definition) is 4. The van der Waals surface area contributed by atoms with Crippen molar-refractivity contribution >= 4 is 22.6 Å². The number of aryl methyl sites for hydroxylation is 1. The molecule has 1 amide bonds. The molecule has 0 fully saturated rings. The van der Waals surface area contributed by atoms with E-state index in [9.17, 15) is 9.18 Å². The fraction of sp³-hybridized carbons (Fsp3) is 0.0833. The Kier molecular flexibility index (Phi) is 5.17. The van der Waals surface area contributed by atoms with Crippen LogP contribution in [0.2, 0.25) is 0 Å². The minimum absolute atomic E-state index is 0.211. The van der Waals surface area contributed by atoms with Crippen molar-refractivity contribution in [1.82, 2.24) is 24.3 Å². The number of amides is 1. The van der Waals surface area contributed by atoms with Gasteiger partial charge in [-0.25, -0.2) is 19.0 Å². The number of rotatable bonds is 6. The van der Waals surface area contributed by atoms with Crippen LogP contribution < -0.4 is 5.32 Å². The Morgan fingerprint density at radius 3 is 2.59 bits per heavy atom. The maximum Gasteiger partial charge on any atom is 0.224 e. The van der Waals surface area contributed by atoms with Crippen LogP contribution in [0.3, 0.4) is 0 Å². The van der Waals surface area contributed by atoms with Gasteiger partial charge in [-0.05, 0) is 42.5 Å². The number of aromatic nitrogens is 5. The number of benzene rings is 3. The normalized spacial score (nSPS) is 11.0. The third kappa shape index (κ3) is 3.85. The molecule has 5 aromatic rings. The van der Waals surface area contributed by atoms with Crippen molar-refractivity contribution in [3.63, 3.8) is 0 Å². The van der Waals surface area contributed by atoms with Gasteiger partial charge in [-0.1, -0.05) is 30.3 Å². The van der Waals surface area contributed by atoms with Gasteiger partial charge in [0, 0.05) is 24.2 Å². The fourth-order valence-electron chi connectivity index (χ4n) is 3.66. The molecule has 0 aliphatic heterocycles. The lowest BCUT2D eigenvalue weighted by atomic mass is 10.2. The van der Waals surface area contributed by atoms with Gasteiger partial charge in [0.25, 0.3) is 0 Å².